The summed E-state index contributed by atoms with van der Waals surface area (Å²) >= 11 is 6.87. The van der Waals surface area contributed by atoms with E-state index in [4.69, 9.17) is 16.7 Å². The van der Waals surface area contributed by atoms with Crippen molar-refractivity contribution in [1.82, 2.24) is 5.32 Å². The van der Waals surface area contributed by atoms with Crippen molar-refractivity contribution in [2.24, 2.45) is 0 Å². The summed E-state index contributed by atoms with van der Waals surface area (Å²) in [4.78, 5) is 22.2. The van der Waals surface area contributed by atoms with Gasteiger partial charge in [-0.3, -0.25) is 9.59 Å². The van der Waals surface area contributed by atoms with E-state index in [1.165, 1.54) is 18.3 Å². The lowest BCUT2D eigenvalue weighted by atomic mass is 10.3. The van der Waals surface area contributed by atoms with E-state index >= 15 is 0 Å². The molecule has 0 aromatic carbocycles. The van der Waals surface area contributed by atoms with Crippen LogP contribution in [-0.2, 0) is 4.79 Å². The summed E-state index contributed by atoms with van der Waals surface area (Å²) in [6.07, 6.45) is 0. The first-order chi connectivity index (χ1) is 6.52. The van der Waals surface area contributed by atoms with Gasteiger partial charge in [0.15, 0.2) is 0 Å². The van der Waals surface area contributed by atoms with Crippen LogP contribution in [0.3, 0.4) is 0 Å². The van der Waals surface area contributed by atoms with Crippen molar-refractivity contribution >= 4 is 34.8 Å². The summed E-state index contributed by atoms with van der Waals surface area (Å²) in [5, 5.41) is 12.9. The SMILES string of the molecule is C[C@H](NC(=O)c1sccc1Cl)C(=O)O. The van der Waals surface area contributed by atoms with Crippen molar-refractivity contribution in [3.05, 3.63) is 21.3 Å². The van der Waals surface area contributed by atoms with Gasteiger partial charge in [0, 0.05) is 0 Å². The lowest BCUT2D eigenvalue weighted by Gasteiger charge is -2.07. The molecule has 1 rings (SSSR count). The molecule has 4 nitrogen and oxygen atoms in total. The monoisotopic (exact) mass is 233 g/mol. The van der Waals surface area contributed by atoms with Crippen LogP contribution in [0.1, 0.15) is 16.6 Å². The first-order valence-corrected chi connectivity index (χ1v) is 5.04. The number of rotatable bonds is 3. The summed E-state index contributed by atoms with van der Waals surface area (Å²) in [7, 11) is 0. The van der Waals surface area contributed by atoms with Crippen molar-refractivity contribution in [2.75, 3.05) is 0 Å². The Kier molecular flexibility index (Phi) is 3.49. The van der Waals surface area contributed by atoms with Crippen LogP contribution in [0.4, 0.5) is 0 Å². The van der Waals surface area contributed by atoms with E-state index in [1.807, 2.05) is 0 Å². The van der Waals surface area contributed by atoms with E-state index in [-0.39, 0.29) is 0 Å². The average Bonchev–Trinajstić information content (AvgIpc) is 2.51. The van der Waals surface area contributed by atoms with Gasteiger partial charge in [-0.2, -0.15) is 0 Å². The number of amides is 1. The molecule has 76 valence electrons. The molecule has 1 atom stereocenters. The van der Waals surface area contributed by atoms with Crippen molar-refractivity contribution in [2.45, 2.75) is 13.0 Å². The summed E-state index contributed by atoms with van der Waals surface area (Å²) in [5.74, 6) is -1.54. The number of halogens is 1. The number of aliphatic carboxylic acids is 1. The maximum absolute atomic E-state index is 11.4. The first-order valence-electron chi connectivity index (χ1n) is 3.79. The summed E-state index contributed by atoms with van der Waals surface area (Å²) < 4.78 is 0. The third kappa shape index (κ3) is 2.46. The molecule has 1 heterocycles. The highest BCUT2D eigenvalue weighted by Crippen LogP contribution is 2.21. The third-order valence-electron chi connectivity index (χ3n) is 1.54. The van der Waals surface area contributed by atoms with E-state index in [2.05, 4.69) is 5.32 Å². The normalized spacial score (nSPS) is 12.1. The summed E-state index contributed by atoms with van der Waals surface area (Å²) in [6.45, 7) is 1.39. The maximum Gasteiger partial charge on any atom is 0.325 e. The molecule has 0 fully saturated rings. The summed E-state index contributed by atoms with van der Waals surface area (Å²) in [5.41, 5.74) is 0. The molecule has 0 aliphatic heterocycles. The van der Waals surface area contributed by atoms with Gasteiger partial charge < -0.3 is 10.4 Å². The quantitative estimate of drug-likeness (QED) is 0.834. The number of hydrogen-bond donors (Lipinski definition) is 2. The Morgan fingerprint density at radius 1 is 1.64 bits per heavy atom. The third-order valence-corrected chi connectivity index (χ3v) is 2.88. The Balaban J connectivity index is 2.69. The van der Waals surface area contributed by atoms with E-state index in [1.54, 1.807) is 11.4 Å². The fraction of sp³-hybridized carbons (Fsp3) is 0.250. The fourth-order valence-corrected chi connectivity index (χ4v) is 1.82. The molecule has 0 aliphatic rings. The zero-order valence-electron chi connectivity index (χ0n) is 7.28. The molecular weight excluding hydrogens is 226 g/mol. The van der Waals surface area contributed by atoms with E-state index in [0.29, 0.717) is 9.90 Å². The largest absolute Gasteiger partial charge is 0.480 e. The Bertz CT molecular complexity index is 363. The lowest BCUT2D eigenvalue weighted by molar-refractivity contribution is -0.138. The molecule has 0 saturated heterocycles. The molecule has 1 amide bonds. The van der Waals surface area contributed by atoms with Crippen LogP contribution in [0.15, 0.2) is 11.4 Å². The van der Waals surface area contributed by atoms with E-state index in [9.17, 15) is 9.59 Å². The van der Waals surface area contributed by atoms with Crippen LogP contribution in [0.2, 0.25) is 5.02 Å². The van der Waals surface area contributed by atoms with Crippen molar-refractivity contribution in [1.29, 1.82) is 0 Å². The van der Waals surface area contributed by atoms with Crippen LogP contribution in [0, 0.1) is 0 Å². The number of nitrogens with one attached hydrogen (secondary N) is 1. The molecule has 14 heavy (non-hydrogen) atoms. The van der Waals surface area contributed by atoms with Crippen molar-refractivity contribution in [3.8, 4) is 0 Å². The van der Waals surface area contributed by atoms with Gasteiger partial charge in [0.1, 0.15) is 10.9 Å². The predicted octanol–water partition coefficient (Wildman–Crippen LogP) is 1.60. The zero-order valence-corrected chi connectivity index (χ0v) is 8.85. The van der Waals surface area contributed by atoms with Gasteiger partial charge in [-0.1, -0.05) is 11.6 Å². The molecule has 6 heteroatoms. The second-order valence-electron chi connectivity index (χ2n) is 2.63. The first kappa shape index (κ1) is 11.0. The van der Waals surface area contributed by atoms with Crippen LogP contribution in [-0.4, -0.2) is 23.0 Å². The Morgan fingerprint density at radius 3 is 2.71 bits per heavy atom. The van der Waals surface area contributed by atoms with Gasteiger partial charge in [-0.05, 0) is 18.4 Å². The minimum absolute atomic E-state index is 0.333. The number of carbonyl (C=O) groups is 2. The van der Waals surface area contributed by atoms with Gasteiger partial charge in [0.25, 0.3) is 5.91 Å². The molecule has 0 saturated carbocycles. The second-order valence-corrected chi connectivity index (χ2v) is 3.95. The number of carboxylic acids is 1. The predicted molar refractivity (Wildman–Crippen MR) is 53.9 cm³/mol. The minimum Gasteiger partial charge on any atom is -0.480 e. The van der Waals surface area contributed by atoms with Crippen molar-refractivity contribution in [3.63, 3.8) is 0 Å². The van der Waals surface area contributed by atoms with Crippen LogP contribution in [0.5, 0.6) is 0 Å². The minimum atomic E-state index is -1.08. The molecule has 0 spiro atoms. The smallest absolute Gasteiger partial charge is 0.325 e. The molecule has 2 N–H and O–H groups in total. The topological polar surface area (TPSA) is 66.4 Å². The molecule has 0 radical (unpaired) electrons. The molecule has 1 aromatic rings. The second kappa shape index (κ2) is 4.43. The van der Waals surface area contributed by atoms with Gasteiger partial charge in [0.05, 0.1) is 5.02 Å². The van der Waals surface area contributed by atoms with Crippen LogP contribution >= 0.6 is 22.9 Å². The number of carbonyl (C=O) groups excluding carboxylic acids is 1. The Morgan fingerprint density at radius 2 is 2.29 bits per heavy atom. The Hall–Kier alpha value is -1.07. The van der Waals surface area contributed by atoms with E-state index < -0.39 is 17.9 Å². The molecule has 1 aromatic heterocycles. The highest BCUT2D eigenvalue weighted by atomic mass is 35.5. The molecular formula is C8H8ClNO3S. The number of thiophene rings is 1. The van der Waals surface area contributed by atoms with Gasteiger partial charge >= 0.3 is 5.97 Å². The van der Waals surface area contributed by atoms with Crippen molar-refractivity contribution < 1.29 is 14.7 Å². The fourth-order valence-electron chi connectivity index (χ4n) is 0.780. The van der Waals surface area contributed by atoms with Gasteiger partial charge in [-0.15, -0.1) is 11.3 Å². The molecule has 0 aliphatic carbocycles. The lowest BCUT2D eigenvalue weighted by Crippen LogP contribution is -2.38. The number of carboxylic acid groups (broad SMARTS) is 1. The standard InChI is InChI=1S/C8H8ClNO3S/c1-4(8(12)13)10-7(11)6-5(9)2-3-14-6/h2-4H,1H3,(H,10,11)(H,12,13)/t4-/m0/s1. The maximum atomic E-state index is 11.4. The Labute approximate surface area is 89.5 Å². The highest BCUT2D eigenvalue weighted by Gasteiger charge is 2.17. The van der Waals surface area contributed by atoms with Gasteiger partial charge in [-0.25, -0.2) is 0 Å². The average molecular weight is 234 g/mol. The summed E-state index contributed by atoms with van der Waals surface area (Å²) in [6, 6.07) is 0.674. The number of hydrogen-bond acceptors (Lipinski definition) is 3. The van der Waals surface area contributed by atoms with Crippen LogP contribution in [0.25, 0.3) is 0 Å². The van der Waals surface area contributed by atoms with Crippen LogP contribution < -0.4 is 5.32 Å². The van der Waals surface area contributed by atoms with E-state index in [0.717, 1.165) is 0 Å². The highest BCUT2D eigenvalue weighted by molar-refractivity contribution is 7.12. The zero-order chi connectivity index (χ0) is 10.7. The molecule has 0 unspecified atom stereocenters. The molecule has 0 bridgehead atoms. The van der Waals surface area contributed by atoms with Gasteiger partial charge in [0.2, 0.25) is 0 Å².